The molecule has 0 bridgehead atoms. The van der Waals surface area contributed by atoms with Gasteiger partial charge in [-0.05, 0) is 25.0 Å². The van der Waals surface area contributed by atoms with E-state index in [9.17, 15) is 4.79 Å². The van der Waals surface area contributed by atoms with Crippen LogP contribution in [-0.2, 0) is 4.74 Å². The predicted molar refractivity (Wildman–Crippen MR) is 79.4 cm³/mol. The molecule has 100 valence electrons. The van der Waals surface area contributed by atoms with E-state index in [4.69, 9.17) is 4.74 Å². The average Bonchev–Trinajstić information content (AvgIpc) is 2.40. The van der Waals surface area contributed by atoms with Gasteiger partial charge >= 0.3 is 0 Å². The standard InChI is InChI=1S/C17H20O2/c1-5-6-7-11-14(3)17(19-4)16(18)15-12-9-8-10-13(15)2/h5-12,17H,3H2,1-2,4H3/b6-5-,11-7-. The second-order valence-electron chi connectivity index (χ2n) is 4.25. The number of methoxy groups -OCH3 is 1. The van der Waals surface area contributed by atoms with Gasteiger partial charge in [-0.25, -0.2) is 0 Å². The van der Waals surface area contributed by atoms with Crippen LogP contribution in [0.4, 0.5) is 0 Å². The number of ether oxygens (including phenoxy) is 1. The molecule has 0 saturated heterocycles. The zero-order valence-corrected chi connectivity index (χ0v) is 11.7. The van der Waals surface area contributed by atoms with E-state index in [1.165, 1.54) is 7.11 Å². The maximum absolute atomic E-state index is 12.4. The minimum absolute atomic E-state index is 0.0595. The van der Waals surface area contributed by atoms with Gasteiger partial charge in [-0.1, -0.05) is 55.1 Å². The smallest absolute Gasteiger partial charge is 0.196 e. The van der Waals surface area contributed by atoms with E-state index in [1.807, 2.05) is 56.3 Å². The Bertz CT molecular complexity index is 510. The number of rotatable bonds is 6. The van der Waals surface area contributed by atoms with Gasteiger partial charge in [0.25, 0.3) is 0 Å². The molecule has 0 N–H and O–H groups in total. The third-order valence-corrected chi connectivity index (χ3v) is 2.83. The van der Waals surface area contributed by atoms with Crippen molar-refractivity contribution in [3.63, 3.8) is 0 Å². The largest absolute Gasteiger partial charge is 0.369 e. The number of Topliss-reactive ketones (excluding diaryl/α,β-unsaturated/α-hetero) is 1. The van der Waals surface area contributed by atoms with E-state index in [1.54, 1.807) is 6.08 Å². The quantitative estimate of drug-likeness (QED) is 0.570. The molecule has 0 aromatic heterocycles. The highest BCUT2D eigenvalue weighted by Crippen LogP contribution is 2.16. The average molecular weight is 256 g/mol. The van der Waals surface area contributed by atoms with Crippen molar-refractivity contribution in [1.29, 1.82) is 0 Å². The van der Waals surface area contributed by atoms with Crippen LogP contribution in [0.15, 0.2) is 60.7 Å². The molecule has 1 rings (SSSR count). The molecule has 0 amide bonds. The van der Waals surface area contributed by atoms with Crippen LogP contribution in [0.5, 0.6) is 0 Å². The Labute approximate surface area is 115 Å². The van der Waals surface area contributed by atoms with Gasteiger partial charge in [0.1, 0.15) is 6.10 Å². The normalized spacial score (nSPS) is 13.0. The number of aryl methyl sites for hydroxylation is 1. The Morgan fingerprint density at radius 2 is 2.00 bits per heavy atom. The van der Waals surface area contributed by atoms with Gasteiger partial charge in [-0.3, -0.25) is 4.79 Å². The van der Waals surface area contributed by atoms with Gasteiger partial charge < -0.3 is 4.74 Å². The molecule has 0 heterocycles. The van der Waals surface area contributed by atoms with Gasteiger partial charge in [0.2, 0.25) is 0 Å². The zero-order chi connectivity index (χ0) is 14.3. The second-order valence-corrected chi connectivity index (χ2v) is 4.25. The SMILES string of the molecule is C=C(/C=C\C=C/C)C(OC)C(=O)c1ccccc1C. The number of hydrogen-bond donors (Lipinski definition) is 0. The number of hydrogen-bond acceptors (Lipinski definition) is 2. The van der Waals surface area contributed by atoms with Crippen LogP contribution < -0.4 is 0 Å². The van der Waals surface area contributed by atoms with Gasteiger partial charge in [-0.2, -0.15) is 0 Å². The first kappa shape index (κ1) is 15.1. The van der Waals surface area contributed by atoms with Crippen molar-refractivity contribution in [2.24, 2.45) is 0 Å². The first-order valence-electron chi connectivity index (χ1n) is 6.22. The highest BCUT2D eigenvalue weighted by atomic mass is 16.5. The van der Waals surface area contributed by atoms with Crippen LogP contribution in [0.2, 0.25) is 0 Å². The van der Waals surface area contributed by atoms with Gasteiger partial charge in [0.05, 0.1) is 0 Å². The van der Waals surface area contributed by atoms with Crippen molar-refractivity contribution >= 4 is 5.78 Å². The summed E-state index contributed by atoms with van der Waals surface area (Å²) in [5, 5.41) is 0. The van der Waals surface area contributed by atoms with Crippen LogP contribution in [0.3, 0.4) is 0 Å². The van der Waals surface area contributed by atoms with Crippen molar-refractivity contribution in [3.8, 4) is 0 Å². The summed E-state index contributed by atoms with van der Waals surface area (Å²) in [6.07, 6.45) is 6.80. The molecule has 1 atom stereocenters. The number of ketones is 1. The second kappa shape index (κ2) is 7.49. The Balaban J connectivity index is 2.95. The summed E-state index contributed by atoms with van der Waals surface area (Å²) < 4.78 is 5.29. The fraction of sp³-hybridized carbons (Fsp3) is 0.235. The van der Waals surface area contributed by atoms with Crippen molar-refractivity contribution < 1.29 is 9.53 Å². The fourth-order valence-electron chi connectivity index (χ4n) is 1.80. The zero-order valence-electron chi connectivity index (χ0n) is 11.7. The summed E-state index contributed by atoms with van der Waals surface area (Å²) in [5.74, 6) is -0.0595. The van der Waals surface area contributed by atoms with Crippen LogP contribution in [-0.4, -0.2) is 19.0 Å². The van der Waals surface area contributed by atoms with E-state index >= 15 is 0 Å². The van der Waals surface area contributed by atoms with Crippen molar-refractivity contribution in [2.45, 2.75) is 20.0 Å². The summed E-state index contributed by atoms with van der Waals surface area (Å²) in [6, 6.07) is 7.49. The summed E-state index contributed by atoms with van der Waals surface area (Å²) in [6.45, 7) is 7.75. The van der Waals surface area contributed by atoms with E-state index in [0.29, 0.717) is 11.1 Å². The Kier molecular flexibility index (Phi) is 5.97. The number of benzene rings is 1. The summed E-state index contributed by atoms with van der Waals surface area (Å²) >= 11 is 0. The molecule has 1 aromatic carbocycles. The van der Waals surface area contributed by atoms with Crippen molar-refractivity contribution in [1.82, 2.24) is 0 Å². The van der Waals surface area contributed by atoms with E-state index in [-0.39, 0.29) is 5.78 Å². The number of allylic oxidation sites excluding steroid dienone is 3. The molecule has 0 fully saturated rings. The Morgan fingerprint density at radius 1 is 1.32 bits per heavy atom. The molecule has 19 heavy (non-hydrogen) atoms. The van der Waals surface area contributed by atoms with Gasteiger partial charge in [0, 0.05) is 12.7 Å². The molecule has 0 aliphatic carbocycles. The molecular weight excluding hydrogens is 236 g/mol. The van der Waals surface area contributed by atoms with Crippen LogP contribution in [0.1, 0.15) is 22.8 Å². The van der Waals surface area contributed by atoms with Crippen LogP contribution in [0, 0.1) is 6.92 Å². The van der Waals surface area contributed by atoms with Gasteiger partial charge in [-0.15, -0.1) is 0 Å². The molecule has 0 radical (unpaired) electrons. The maximum Gasteiger partial charge on any atom is 0.196 e. The molecule has 0 saturated carbocycles. The van der Waals surface area contributed by atoms with Crippen LogP contribution in [0.25, 0.3) is 0 Å². The lowest BCUT2D eigenvalue weighted by atomic mass is 9.97. The summed E-state index contributed by atoms with van der Waals surface area (Å²) in [5.41, 5.74) is 2.27. The summed E-state index contributed by atoms with van der Waals surface area (Å²) in [7, 11) is 1.52. The molecule has 1 aromatic rings. The number of carbonyl (C=O) groups is 1. The Morgan fingerprint density at radius 3 is 2.58 bits per heavy atom. The topological polar surface area (TPSA) is 26.3 Å². The predicted octanol–water partition coefficient (Wildman–Crippen LogP) is 3.88. The molecule has 0 aliphatic rings. The van der Waals surface area contributed by atoms with Gasteiger partial charge in [0.15, 0.2) is 5.78 Å². The first-order chi connectivity index (χ1) is 9.11. The lowest BCUT2D eigenvalue weighted by Crippen LogP contribution is -2.25. The lowest BCUT2D eigenvalue weighted by Gasteiger charge is -2.15. The van der Waals surface area contributed by atoms with E-state index in [0.717, 1.165) is 5.56 Å². The van der Waals surface area contributed by atoms with Crippen LogP contribution >= 0.6 is 0 Å². The third kappa shape index (κ3) is 4.04. The molecule has 2 heteroatoms. The highest BCUT2D eigenvalue weighted by Gasteiger charge is 2.22. The molecular formula is C17H20O2. The van der Waals surface area contributed by atoms with Crippen molar-refractivity contribution in [3.05, 3.63) is 71.8 Å². The minimum Gasteiger partial charge on any atom is -0.369 e. The third-order valence-electron chi connectivity index (χ3n) is 2.83. The highest BCUT2D eigenvalue weighted by molar-refractivity contribution is 6.02. The molecule has 0 spiro atoms. The molecule has 0 aliphatic heterocycles. The maximum atomic E-state index is 12.4. The Hall–Kier alpha value is -1.93. The monoisotopic (exact) mass is 256 g/mol. The lowest BCUT2D eigenvalue weighted by molar-refractivity contribution is 0.0703. The van der Waals surface area contributed by atoms with Crippen molar-refractivity contribution in [2.75, 3.05) is 7.11 Å². The summed E-state index contributed by atoms with van der Waals surface area (Å²) in [4.78, 5) is 12.4. The molecule has 1 unspecified atom stereocenters. The van der Waals surface area contributed by atoms with E-state index in [2.05, 4.69) is 6.58 Å². The molecule has 2 nitrogen and oxygen atoms in total. The van der Waals surface area contributed by atoms with E-state index < -0.39 is 6.10 Å². The minimum atomic E-state index is -0.636. The number of carbonyl (C=O) groups excluding carboxylic acids is 1. The fourth-order valence-corrected chi connectivity index (χ4v) is 1.80. The first-order valence-corrected chi connectivity index (χ1v) is 6.22.